The molecular weight excluding hydrogens is 382 g/mol. The molecule has 1 aliphatic heterocycles. The normalized spacial score (nSPS) is 13.3. The summed E-state index contributed by atoms with van der Waals surface area (Å²) < 4.78 is 0. The summed E-state index contributed by atoms with van der Waals surface area (Å²) in [4.78, 5) is 32.1. The molecule has 148 valence electrons. The van der Waals surface area contributed by atoms with Crippen LogP contribution in [0.25, 0.3) is 0 Å². The molecule has 2 amide bonds. The highest BCUT2D eigenvalue weighted by molar-refractivity contribution is 7.13. The Morgan fingerprint density at radius 1 is 1.07 bits per heavy atom. The van der Waals surface area contributed by atoms with Crippen molar-refractivity contribution in [2.45, 2.75) is 32.6 Å². The van der Waals surface area contributed by atoms with Crippen molar-refractivity contribution < 1.29 is 9.59 Å². The molecule has 0 saturated carbocycles. The summed E-state index contributed by atoms with van der Waals surface area (Å²) in [7, 11) is 0. The molecule has 0 spiro atoms. The van der Waals surface area contributed by atoms with Crippen LogP contribution in [-0.2, 0) is 11.8 Å². The maximum absolute atomic E-state index is 12.9. The molecule has 0 unspecified atom stereocenters. The molecule has 0 radical (unpaired) electrons. The molecule has 3 aromatic rings. The van der Waals surface area contributed by atoms with Gasteiger partial charge in [-0.2, -0.15) is 0 Å². The molecule has 2 heterocycles. The summed E-state index contributed by atoms with van der Waals surface area (Å²) in [6, 6.07) is 15.0. The molecular formula is C23H23N3O2S. The van der Waals surface area contributed by atoms with E-state index >= 15 is 0 Å². The topological polar surface area (TPSA) is 62.3 Å². The second kappa shape index (κ2) is 7.44. The molecule has 29 heavy (non-hydrogen) atoms. The number of amides is 2. The zero-order chi connectivity index (χ0) is 20.6. The predicted octanol–water partition coefficient (Wildman–Crippen LogP) is 4.90. The van der Waals surface area contributed by atoms with E-state index in [9.17, 15) is 9.59 Å². The van der Waals surface area contributed by atoms with E-state index in [1.807, 2.05) is 23.1 Å². The van der Waals surface area contributed by atoms with Crippen LogP contribution in [0.4, 0.5) is 11.4 Å². The first-order chi connectivity index (χ1) is 13.8. The van der Waals surface area contributed by atoms with Gasteiger partial charge < -0.3 is 10.2 Å². The number of hydrogen-bond donors (Lipinski definition) is 1. The minimum atomic E-state index is -0.189. The minimum Gasteiger partial charge on any atom is -0.321 e. The fourth-order valence-corrected chi connectivity index (χ4v) is 4.19. The molecule has 4 rings (SSSR count). The number of anilines is 2. The van der Waals surface area contributed by atoms with E-state index in [2.05, 4.69) is 37.1 Å². The largest absolute Gasteiger partial charge is 0.321 e. The van der Waals surface area contributed by atoms with Crippen LogP contribution in [0.15, 0.2) is 54.7 Å². The average Bonchev–Trinajstić information content (AvgIpc) is 3.35. The number of carbonyl (C=O) groups is 2. The van der Waals surface area contributed by atoms with Crippen molar-refractivity contribution in [3.8, 4) is 0 Å². The van der Waals surface area contributed by atoms with Gasteiger partial charge in [0.05, 0.1) is 11.2 Å². The highest BCUT2D eigenvalue weighted by Crippen LogP contribution is 2.29. The van der Waals surface area contributed by atoms with Gasteiger partial charge in [0.1, 0.15) is 4.88 Å². The molecule has 6 heteroatoms. The van der Waals surface area contributed by atoms with Crippen LogP contribution >= 0.6 is 11.3 Å². The van der Waals surface area contributed by atoms with Gasteiger partial charge in [0.25, 0.3) is 11.8 Å². The lowest BCUT2D eigenvalue weighted by atomic mass is 9.98. The average molecular weight is 406 g/mol. The number of nitrogens with zero attached hydrogens (tertiary/aromatic N) is 2. The number of benzene rings is 2. The lowest BCUT2D eigenvalue weighted by Gasteiger charge is -2.17. The molecule has 0 atom stereocenters. The Hall–Kier alpha value is -2.99. The SMILES string of the molecule is CC(C)(C)c1ncc(C(=O)Nc2ccc(C(=O)N3CCc4ccccc43)cc2)s1. The lowest BCUT2D eigenvalue weighted by Crippen LogP contribution is -2.28. The van der Waals surface area contributed by atoms with Crippen molar-refractivity contribution in [2.24, 2.45) is 0 Å². The van der Waals surface area contributed by atoms with Crippen molar-refractivity contribution in [1.29, 1.82) is 0 Å². The standard InChI is InChI=1S/C23H23N3O2S/c1-23(2,3)22-24-14-19(29-22)20(27)25-17-10-8-16(9-11-17)21(28)26-13-12-15-6-4-5-7-18(15)26/h4-11,14H,12-13H2,1-3H3,(H,25,27). The number of nitrogens with one attached hydrogen (secondary N) is 1. The summed E-state index contributed by atoms with van der Waals surface area (Å²) in [5.74, 6) is -0.212. The zero-order valence-corrected chi connectivity index (χ0v) is 17.5. The Kier molecular flexibility index (Phi) is 4.96. The number of aromatic nitrogens is 1. The molecule has 2 aromatic carbocycles. The van der Waals surface area contributed by atoms with Crippen LogP contribution in [0, 0.1) is 0 Å². The number of hydrogen-bond acceptors (Lipinski definition) is 4. The van der Waals surface area contributed by atoms with Gasteiger partial charge in [0.2, 0.25) is 0 Å². The van der Waals surface area contributed by atoms with Gasteiger partial charge in [-0.05, 0) is 42.3 Å². The Balaban J connectivity index is 1.45. The van der Waals surface area contributed by atoms with E-state index in [1.54, 1.807) is 30.5 Å². The smallest absolute Gasteiger partial charge is 0.267 e. The molecule has 0 saturated heterocycles. The van der Waals surface area contributed by atoms with Gasteiger partial charge >= 0.3 is 0 Å². The van der Waals surface area contributed by atoms with Crippen LogP contribution in [-0.4, -0.2) is 23.3 Å². The van der Waals surface area contributed by atoms with Gasteiger partial charge in [-0.1, -0.05) is 39.0 Å². The maximum atomic E-state index is 12.9. The van der Waals surface area contributed by atoms with Crippen LogP contribution in [0.1, 0.15) is 51.4 Å². The van der Waals surface area contributed by atoms with Crippen LogP contribution < -0.4 is 10.2 Å². The Labute approximate surface area is 174 Å². The quantitative estimate of drug-likeness (QED) is 0.674. The molecule has 0 bridgehead atoms. The first kappa shape index (κ1) is 19.3. The highest BCUT2D eigenvalue weighted by Gasteiger charge is 2.25. The third kappa shape index (κ3) is 3.93. The fourth-order valence-electron chi connectivity index (χ4n) is 3.32. The molecule has 5 nitrogen and oxygen atoms in total. The number of rotatable bonds is 3. The van der Waals surface area contributed by atoms with Crippen molar-refractivity contribution in [1.82, 2.24) is 4.98 Å². The minimum absolute atomic E-state index is 0.0231. The monoisotopic (exact) mass is 405 g/mol. The highest BCUT2D eigenvalue weighted by atomic mass is 32.1. The van der Waals surface area contributed by atoms with Crippen molar-refractivity contribution in [3.63, 3.8) is 0 Å². The number of para-hydroxylation sites is 1. The maximum Gasteiger partial charge on any atom is 0.267 e. The number of thiazole rings is 1. The van der Waals surface area contributed by atoms with Gasteiger partial charge in [0, 0.05) is 28.9 Å². The van der Waals surface area contributed by atoms with E-state index in [0.717, 1.165) is 17.1 Å². The van der Waals surface area contributed by atoms with Crippen molar-refractivity contribution in [2.75, 3.05) is 16.8 Å². The third-order valence-electron chi connectivity index (χ3n) is 4.89. The summed E-state index contributed by atoms with van der Waals surface area (Å²) >= 11 is 1.40. The second-order valence-electron chi connectivity index (χ2n) is 8.15. The predicted molar refractivity (Wildman–Crippen MR) is 117 cm³/mol. The fraction of sp³-hybridized carbons (Fsp3) is 0.261. The Morgan fingerprint density at radius 2 is 1.79 bits per heavy atom. The number of fused-ring (bicyclic) bond motifs is 1. The van der Waals surface area contributed by atoms with Crippen molar-refractivity contribution in [3.05, 3.63) is 75.7 Å². The van der Waals surface area contributed by atoms with Crippen LogP contribution in [0.3, 0.4) is 0 Å². The van der Waals surface area contributed by atoms with E-state index in [1.165, 1.54) is 16.9 Å². The van der Waals surface area contributed by atoms with E-state index in [-0.39, 0.29) is 17.2 Å². The van der Waals surface area contributed by atoms with E-state index in [0.29, 0.717) is 22.7 Å². The van der Waals surface area contributed by atoms with Gasteiger partial charge in [-0.25, -0.2) is 4.98 Å². The summed E-state index contributed by atoms with van der Waals surface area (Å²) in [6.07, 6.45) is 2.49. The van der Waals surface area contributed by atoms with Crippen LogP contribution in [0.2, 0.25) is 0 Å². The van der Waals surface area contributed by atoms with E-state index < -0.39 is 0 Å². The molecule has 1 aromatic heterocycles. The molecule has 1 N–H and O–H groups in total. The summed E-state index contributed by atoms with van der Waals surface area (Å²) in [5.41, 5.74) is 3.35. The molecule has 0 aliphatic carbocycles. The van der Waals surface area contributed by atoms with Gasteiger partial charge in [-0.3, -0.25) is 9.59 Å². The van der Waals surface area contributed by atoms with Gasteiger partial charge in [-0.15, -0.1) is 11.3 Å². The van der Waals surface area contributed by atoms with E-state index in [4.69, 9.17) is 0 Å². The summed E-state index contributed by atoms with van der Waals surface area (Å²) in [6.45, 7) is 6.91. The number of carbonyl (C=O) groups excluding carboxylic acids is 2. The zero-order valence-electron chi connectivity index (χ0n) is 16.7. The van der Waals surface area contributed by atoms with Crippen LogP contribution in [0.5, 0.6) is 0 Å². The molecule has 0 fully saturated rings. The summed E-state index contributed by atoms with van der Waals surface area (Å²) in [5, 5.41) is 3.81. The van der Waals surface area contributed by atoms with Gasteiger partial charge in [0.15, 0.2) is 0 Å². The third-order valence-corrected chi connectivity index (χ3v) is 6.31. The first-order valence-corrected chi connectivity index (χ1v) is 10.4. The van der Waals surface area contributed by atoms with Crippen molar-refractivity contribution >= 4 is 34.5 Å². The Bertz CT molecular complexity index is 1060. The second-order valence-corrected chi connectivity index (χ2v) is 9.18. The Morgan fingerprint density at radius 3 is 2.48 bits per heavy atom. The lowest BCUT2D eigenvalue weighted by molar-refractivity contribution is 0.0988. The molecule has 1 aliphatic rings. The first-order valence-electron chi connectivity index (χ1n) is 9.60.